The predicted molar refractivity (Wildman–Crippen MR) is 94.0 cm³/mol. The van der Waals surface area contributed by atoms with Crippen molar-refractivity contribution in [2.24, 2.45) is 0 Å². The van der Waals surface area contributed by atoms with Gasteiger partial charge >= 0.3 is 0 Å². The number of pyridine rings is 1. The number of rotatable bonds is 1. The molecule has 0 radical (unpaired) electrons. The molecule has 0 unspecified atom stereocenters. The van der Waals surface area contributed by atoms with Gasteiger partial charge in [-0.25, -0.2) is 4.98 Å². The molecule has 2 N–H and O–H groups in total. The van der Waals surface area contributed by atoms with Gasteiger partial charge in [0.15, 0.2) is 0 Å². The fourth-order valence-electron chi connectivity index (χ4n) is 2.30. The van der Waals surface area contributed by atoms with Crippen LogP contribution in [0.5, 0.6) is 0 Å². The molecule has 5 heteroatoms. The van der Waals surface area contributed by atoms with Gasteiger partial charge in [0, 0.05) is 21.1 Å². The van der Waals surface area contributed by atoms with Crippen LogP contribution < -0.4 is 5.73 Å². The van der Waals surface area contributed by atoms with E-state index in [4.69, 9.17) is 33.9 Å². The number of benzene rings is 2. The first-order valence-corrected chi connectivity index (χ1v) is 7.84. The highest BCUT2D eigenvalue weighted by Gasteiger charge is 2.16. The molecule has 0 bridgehead atoms. The third-order valence-electron chi connectivity index (χ3n) is 3.46. The molecule has 0 aliphatic carbocycles. The zero-order valence-electron chi connectivity index (χ0n) is 11.1. The number of hydrogen-bond acceptors (Lipinski definition) is 2. The second-order valence-corrected chi connectivity index (χ2v) is 6.36. The fraction of sp³-hybridized carbons (Fsp3) is 0.0625. The molecule has 1 aromatic heterocycles. The van der Waals surface area contributed by atoms with Gasteiger partial charge in [-0.3, -0.25) is 0 Å². The van der Waals surface area contributed by atoms with Crippen LogP contribution in [0, 0.1) is 6.92 Å². The van der Waals surface area contributed by atoms with Gasteiger partial charge < -0.3 is 5.73 Å². The van der Waals surface area contributed by atoms with Crippen molar-refractivity contribution in [2.45, 2.75) is 6.92 Å². The molecule has 0 saturated heterocycles. The molecule has 1 heterocycles. The third-order valence-corrected chi connectivity index (χ3v) is 5.17. The molecule has 2 nitrogen and oxygen atoms in total. The van der Waals surface area contributed by atoms with E-state index in [9.17, 15) is 0 Å². The molecule has 0 fully saturated rings. The minimum absolute atomic E-state index is 0.407. The maximum absolute atomic E-state index is 6.34. The Morgan fingerprint density at radius 1 is 1.10 bits per heavy atom. The van der Waals surface area contributed by atoms with Gasteiger partial charge in [-0.1, -0.05) is 53.5 Å². The summed E-state index contributed by atoms with van der Waals surface area (Å²) in [5.74, 6) is 0. The van der Waals surface area contributed by atoms with Crippen molar-refractivity contribution in [3.63, 3.8) is 0 Å². The van der Waals surface area contributed by atoms with Crippen LogP contribution in [0.3, 0.4) is 0 Å². The summed E-state index contributed by atoms with van der Waals surface area (Å²) in [6.07, 6.45) is 0. The van der Waals surface area contributed by atoms with E-state index in [1.807, 2.05) is 43.3 Å². The summed E-state index contributed by atoms with van der Waals surface area (Å²) in [5.41, 5.74) is 10.3. The quantitative estimate of drug-likeness (QED) is 0.536. The van der Waals surface area contributed by atoms with Gasteiger partial charge in [0.25, 0.3) is 0 Å². The average molecular weight is 382 g/mol. The lowest BCUT2D eigenvalue weighted by atomic mass is 10.0. The summed E-state index contributed by atoms with van der Waals surface area (Å²) >= 11 is 15.9. The zero-order valence-corrected chi connectivity index (χ0v) is 14.2. The zero-order chi connectivity index (χ0) is 15.1. The van der Waals surface area contributed by atoms with E-state index in [0.717, 1.165) is 22.2 Å². The van der Waals surface area contributed by atoms with Crippen LogP contribution in [0.25, 0.3) is 22.2 Å². The Labute approximate surface area is 141 Å². The summed E-state index contributed by atoms with van der Waals surface area (Å²) in [6, 6.07) is 11.7. The second kappa shape index (κ2) is 5.48. The molecule has 0 aliphatic rings. The molecule has 106 valence electrons. The summed E-state index contributed by atoms with van der Waals surface area (Å²) < 4.78 is 0.710. The smallest absolute Gasteiger partial charge is 0.0932 e. The molecular formula is C16H11BrCl2N2. The van der Waals surface area contributed by atoms with Crippen molar-refractivity contribution in [3.8, 4) is 11.3 Å². The summed E-state index contributed by atoms with van der Waals surface area (Å²) in [7, 11) is 0. The molecule has 0 atom stereocenters. The van der Waals surface area contributed by atoms with E-state index in [2.05, 4.69) is 15.9 Å². The number of nitrogen functional groups attached to an aromatic ring is 1. The number of nitrogens with zero attached hydrogens (tertiary/aromatic N) is 1. The van der Waals surface area contributed by atoms with E-state index in [1.165, 1.54) is 0 Å². The van der Waals surface area contributed by atoms with E-state index in [0.29, 0.717) is 25.7 Å². The van der Waals surface area contributed by atoms with E-state index in [-0.39, 0.29) is 0 Å². The van der Waals surface area contributed by atoms with Crippen LogP contribution in [0.1, 0.15) is 5.56 Å². The highest BCUT2D eigenvalue weighted by molar-refractivity contribution is 9.10. The first kappa shape index (κ1) is 14.6. The maximum atomic E-state index is 6.34. The van der Waals surface area contributed by atoms with Crippen molar-refractivity contribution >= 4 is 55.7 Å². The highest BCUT2D eigenvalue weighted by Crippen LogP contribution is 2.40. The molecule has 21 heavy (non-hydrogen) atoms. The van der Waals surface area contributed by atoms with Crippen molar-refractivity contribution in [2.75, 3.05) is 5.73 Å². The summed E-state index contributed by atoms with van der Waals surface area (Å²) in [6.45, 7) is 1.96. The average Bonchev–Trinajstić information content (AvgIpc) is 2.50. The lowest BCUT2D eigenvalue weighted by molar-refractivity contribution is 1.33. The number of anilines is 1. The van der Waals surface area contributed by atoms with Crippen molar-refractivity contribution in [3.05, 3.63) is 56.5 Å². The van der Waals surface area contributed by atoms with Gasteiger partial charge in [-0.05, 0) is 34.5 Å². The molecule has 0 saturated carbocycles. The normalized spacial score (nSPS) is 11.0. The van der Waals surface area contributed by atoms with Crippen LogP contribution in [0.4, 0.5) is 5.69 Å². The Kier molecular flexibility index (Phi) is 3.82. The molecule has 0 amide bonds. The maximum Gasteiger partial charge on any atom is 0.0932 e. The van der Waals surface area contributed by atoms with Gasteiger partial charge in [0.2, 0.25) is 0 Å². The highest BCUT2D eigenvalue weighted by atomic mass is 79.9. The minimum Gasteiger partial charge on any atom is -0.398 e. The van der Waals surface area contributed by atoms with Gasteiger partial charge in [-0.2, -0.15) is 0 Å². The molecule has 3 aromatic rings. The van der Waals surface area contributed by atoms with E-state index in [1.54, 1.807) is 0 Å². The van der Waals surface area contributed by atoms with Gasteiger partial charge in [0.1, 0.15) is 0 Å². The van der Waals surface area contributed by atoms with Crippen LogP contribution in [-0.4, -0.2) is 4.98 Å². The number of fused-ring (bicyclic) bond motifs is 1. The van der Waals surface area contributed by atoms with E-state index >= 15 is 0 Å². The topological polar surface area (TPSA) is 38.9 Å². The van der Waals surface area contributed by atoms with Crippen molar-refractivity contribution < 1.29 is 0 Å². The van der Waals surface area contributed by atoms with Crippen LogP contribution in [0.2, 0.25) is 10.0 Å². The lowest BCUT2D eigenvalue weighted by Gasteiger charge is -2.13. The Morgan fingerprint density at radius 3 is 2.43 bits per heavy atom. The van der Waals surface area contributed by atoms with Crippen molar-refractivity contribution in [1.82, 2.24) is 4.98 Å². The Bertz CT molecular complexity index is 848. The molecule has 3 rings (SSSR count). The third kappa shape index (κ3) is 2.39. The standard InChI is InChI=1S/C16H11BrCl2N2/c1-8-14(20)10-7-11(17)12(18)13(19)16(10)21-15(8)9-5-3-2-4-6-9/h2-7H,1H3,(H2,20,21). The van der Waals surface area contributed by atoms with Crippen LogP contribution >= 0.6 is 39.1 Å². The summed E-state index contributed by atoms with van der Waals surface area (Å²) in [5, 5.41) is 1.65. The monoisotopic (exact) mass is 380 g/mol. The number of hydrogen-bond donors (Lipinski definition) is 1. The van der Waals surface area contributed by atoms with E-state index < -0.39 is 0 Å². The molecule has 0 spiro atoms. The largest absolute Gasteiger partial charge is 0.398 e. The molecule has 0 aliphatic heterocycles. The number of nitrogens with two attached hydrogens (primary N) is 1. The summed E-state index contributed by atoms with van der Waals surface area (Å²) in [4.78, 5) is 4.69. The molecule has 2 aromatic carbocycles. The predicted octanol–water partition coefficient (Wildman–Crippen LogP) is 5.86. The number of halogens is 3. The Hall–Kier alpha value is -1.29. The fourth-order valence-corrected chi connectivity index (χ4v) is 3.23. The van der Waals surface area contributed by atoms with Crippen molar-refractivity contribution in [1.29, 1.82) is 0 Å². The minimum atomic E-state index is 0.407. The van der Waals surface area contributed by atoms with Gasteiger partial charge in [-0.15, -0.1) is 0 Å². The van der Waals surface area contributed by atoms with Crippen LogP contribution in [-0.2, 0) is 0 Å². The Morgan fingerprint density at radius 2 is 1.76 bits per heavy atom. The first-order chi connectivity index (χ1) is 10.0. The van der Waals surface area contributed by atoms with Gasteiger partial charge in [0.05, 0.1) is 21.3 Å². The lowest BCUT2D eigenvalue weighted by Crippen LogP contribution is -1.99. The Balaban J connectivity index is 2.42. The molecular weight excluding hydrogens is 371 g/mol. The number of aromatic nitrogens is 1. The SMILES string of the molecule is Cc1c(-c2ccccc2)nc2c(Cl)c(Cl)c(Br)cc2c1N. The second-order valence-electron chi connectivity index (χ2n) is 4.75. The van der Waals surface area contributed by atoms with Crippen LogP contribution in [0.15, 0.2) is 40.9 Å². The first-order valence-electron chi connectivity index (χ1n) is 6.29.